The van der Waals surface area contributed by atoms with Crippen molar-refractivity contribution in [2.24, 2.45) is 35.5 Å². The predicted octanol–water partition coefficient (Wildman–Crippen LogP) is 5.34. The predicted molar refractivity (Wildman–Crippen MR) is 232 cm³/mol. The minimum Gasteiger partial charge on any atom is -0.379 e. The van der Waals surface area contributed by atoms with Crippen molar-refractivity contribution >= 4 is 39.3 Å². The summed E-state index contributed by atoms with van der Waals surface area (Å²) in [5.74, 6) is -3.22. The van der Waals surface area contributed by atoms with Gasteiger partial charge in [0.2, 0.25) is 27.7 Å². The highest BCUT2D eigenvalue weighted by Gasteiger charge is 2.46. The third kappa shape index (κ3) is 12.7. The summed E-state index contributed by atoms with van der Waals surface area (Å²) in [6, 6.07) is 8.54. The number of amides is 3. The van der Waals surface area contributed by atoms with Crippen LogP contribution in [-0.4, -0.2) is 117 Å². The zero-order valence-electron chi connectivity index (χ0n) is 37.7. The number of unbranched alkanes of at least 4 members (excludes halogenated alkanes) is 1. The molecule has 13 nitrogen and oxygen atoms in total. The third-order valence-corrected chi connectivity index (χ3v) is 15.1. The van der Waals surface area contributed by atoms with Gasteiger partial charge in [0.05, 0.1) is 42.5 Å². The van der Waals surface area contributed by atoms with Gasteiger partial charge in [-0.2, -0.15) is 0 Å². The molecular formula is C46H74N4O9S. The maximum Gasteiger partial charge on any atom is 0.237 e. The van der Waals surface area contributed by atoms with E-state index in [2.05, 4.69) is 17.0 Å². The summed E-state index contributed by atoms with van der Waals surface area (Å²) in [6.45, 7) is 12.1. The lowest BCUT2D eigenvalue weighted by molar-refractivity contribution is -0.149. The van der Waals surface area contributed by atoms with Gasteiger partial charge in [0.1, 0.15) is 5.78 Å². The molecular weight excluding hydrogens is 785 g/mol. The summed E-state index contributed by atoms with van der Waals surface area (Å²) >= 11 is 0. The highest BCUT2D eigenvalue weighted by atomic mass is 32.2. The van der Waals surface area contributed by atoms with Crippen LogP contribution < -0.4 is 10.0 Å². The first-order chi connectivity index (χ1) is 28.5. The summed E-state index contributed by atoms with van der Waals surface area (Å²) in [5, 5.41) is 3.49. The molecule has 0 aromatic heterocycles. The van der Waals surface area contributed by atoms with Crippen molar-refractivity contribution in [3.05, 3.63) is 35.9 Å². The van der Waals surface area contributed by atoms with Gasteiger partial charge in [-0.1, -0.05) is 84.7 Å². The Morgan fingerprint density at radius 3 is 2.22 bits per heavy atom. The summed E-state index contributed by atoms with van der Waals surface area (Å²) < 4.78 is 39.7. The number of carbonyl (C=O) groups excluding carboxylic acids is 5. The van der Waals surface area contributed by atoms with E-state index in [4.69, 9.17) is 9.47 Å². The molecule has 2 saturated heterocycles. The zero-order chi connectivity index (χ0) is 44.3. The maximum absolute atomic E-state index is 14.4. The highest BCUT2D eigenvalue weighted by Crippen LogP contribution is 2.37. The van der Waals surface area contributed by atoms with Crippen LogP contribution in [0.1, 0.15) is 118 Å². The molecule has 14 heteroatoms. The number of carbonyl (C=O) groups is 5. The minimum atomic E-state index is -3.87. The van der Waals surface area contributed by atoms with Gasteiger partial charge in [-0.25, -0.2) is 8.42 Å². The molecule has 0 radical (unpaired) electrons. The molecule has 1 aliphatic carbocycles. The molecule has 60 heavy (non-hydrogen) atoms. The number of nitrogens with zero attached hydrogens (tertiary/aromatic N) is 2. The lowest BCUT2D eigenvalue weighted by Gasteiger charge is -2.41. The topological polar surface area (TPSA) is 168 Å². The first-order valence-electron chi connectivity index (χ1n) is 22.5. The van der Waals surface area contributed by atoms with E-state index in [-0.39, 0.29) is 72.7 Å². The number of fused-ring (bicyclic) bond motifs is 2. The second kappa shape index (κ2) is 22.8. The van der Waals surface area contributed by atoms with E-state index in [1.807, 2.05) is 58.0 Å². The van der Waals surface area contributed by atoms with Crippen molar-refractivity contribution in [3.8, 4) is 0 Å². The van der Waals surface area contributed by atoms with Gasteiger partial charge >= 0.3 is 0 Å². The van der Waals surface area contributed by atoms with E-state index >= 15 is 0 Å². The molecule has 338 valence electrons. The normalized spacial score (nSPS) is 23.7. The summed E-state index contributed by atoms with van der Waals surface area (Å²) in [7, 11) is 0.980. The lowest BCUT2D eigenvalue weighted by Crippen LogP contribution is -2.54. The van der Waals surface area contributed by atoms with Crippen LogP contribution in [0.3, 0.4) is 0 Å². The van der Waals surface area contributed by atoms with E-state index < -0.39 is 58.0 Å². The monoisotopic (exact) mass is 859 g/mol. The number of benzene rings is 1. The lowest BCUT2D eigenvalue weighted by atomic mass is 9.83. The van der Waals surface area contributed by atoms with Gasteiger partial charge in [-0.05, 0) is 68.3 Å². The Morgan fingerprint density at radius 2 is 1.65 bits per heavy atom. The summed E-state index contributed by atoms with van der Waals surface area (Å²) in [5.41, 5.74) is 0.803. The van der Waals surface area contributed by atoms with Crippen molar-refractivity contribution < 1.29 is 41.9 Å². The molecule has 0 spiro atoms. The molecule has 2 aliphatic heterocycles. The van der Waals surface area contributed by atoms with Crippen LogP contribution in [0.4, 0.5) is 0 Å². The number of hydrogen-bond acceptors (Lipinski definition) is 10. The van der Waals surface area contributed by atoms with Crippen LogP contribution in [0.25, 0.3) is 0 Å². The van der Waals surface area contributed by atoms with E-state index in [1.165, 1.54) is 7.11 Å². The molecule has 2 N–H and O–H groups in total. The van der Waals surface area contributed by atoms with Crippen LogP contribution >= 0.6 is 0 Å². The Labute approximate surface area is 359 Å². The summed E-state index contributed by atoms with van der Waals surface area (Å²) in [6.07, 6.45) is 5.13. The molecule has 3 aliphatic rings. The van der Waals surface area contributed by atoms with Crippen LogP contribution in [0.15, 0.2) is 30.3 Å². The van der Waals surface area contributed by atoms with Gasteiger partial charge in [-0.3, -0.25) is 28.7 Å². The standard InChI is InChI=1S/C46H74N4O9S/c1-10-12-23-60(56,57)48-45(54)34(24-32-17-14-13-15-18-32)26-38(51)31(6)44(59-9)37-19-16-22-50(37)41(53)28-40(58-8)43(30(5)11-2)49(7)46(55)36(29(3)4)27-39(52)42-33-20-21-35(25-33)47-42/h13-15,17-18,29-31,33-37,40,42-44,47H,10-12,16,19-28H2,1-9H3,(H,48,54)/t30-,31-,33-,34+,35+,36-,37-,40+,42-,43-,44+/m0/s1. The SMILES string of the molecule is CCCCS(=O)(=O)NC(=O)[C@@H](CC(=O)[C@H](C)[C@@H](OC)[C@@H]1CCCN1C(=O)C[C@@H](OC)[C@H]([C@@H](C)CC)N(C)C(=O)[C@@H](CC(=O)[C@H]1N[C@@H]2CC[C@H]1C2)C(C)C)Cc1ccccc1. The molecule has 0 unspecified atom stereocenters. The van der Waals surface area contributed by atoms with Crippen LogP contribution in [0, 0.1) is 35.5 Å². The van der Waals surface area contributed by atoms with Gasteiger partial charge in [-0.15, -0.1) is 0 Å². The van der Waals surface area contributed by atoms with Gasteiger partial charge in [0.25, 0.3) is 0 Å². The molecule has 11 atom stereocenters. The van der Waals surface area contributed by atoms with E-state index in [0.29, 0.717) is 44.2 Å². The first kappa shape index (κ1) is 49.5. The Balaban J connectivity index is 1.47. The van der Waals surface area contributed by atoms with Gasteiger partial charge in [0, 0.05) is 64.4 Å². The first-order valence-corrected chi connectivity index (χ1v) is 24.1. The van der Waals surface area contributed by atoms with E-state index in [0.717, 1.165) is 31.2 Å². The third-order valence-electron chi connectivity index (χ3n) is 13.8. The Hall–Kier alpha value is -3.20. The average Bonchev–Trinajstić information content (AvgIpc) is 4.00. The fraction of sp³-hybridized carbons (Fsp3) is 0.761. The van der Waals surface area contributed by atoms with Crippen molar-refractivity contribution in [1.82, 2.24) is 19.8 Å². The number of likely N-dealkylation sites (tertiary alicyclic amines) is 1. The number of ketones is 2. The number of sulfonamides is 1. The molecule has 3 amide bonds. The Morgan fingerprint density at radius 1 is 0.950 bits per heavy atom. The second-order valence-corrected chi connectivity index (χ2v) is 20.1. The number of Topliss-reactive ketones (excluding diaryl/α,β-unsaturated/α-hetero) is 2. The van der Waals surface area contributed by atoms with Crippen LogP contribution in [0.2, 0.25) is 0 Å². The average molecular weight is 859 g/mol. The van der Waals surface area contributed by atoms with E-state index in [1.54, 1.807) is 30.9 Å². The number of nitrogens with one attached hydrogen (secondary N) is 2. The van der Waals surface area contributed by atoms with Crippen LogP contribution in [0.5, 0.6) is 0 Å². The molecule has 1 aromatic rings. The fourth-order valence-corrected chi connectivity index (χ4v) is 11.2. The number of methoxy groups -OCH3 is 2. The number of rotatable bonds is 25. The molecule has 2 heterocycles. The molecule has 3 fully saturated rings. The Bertz CT molecular complexity index is 1710. The zero-order valence-corrected chi connectivity index (χ0v) is 38.5. The number of ether oxygens (including phenoxy) is 2. The second-order valence-electron chi connectivity index (χ2n) is 18.2. The number of piperidine rings is 1. The van der Waals surface area contributed by atoms with Crippen molar-refractivity contribution in [2.45, 2.75) is 155 Å². The van der Waals surface area contributed by atoms with Crippen LogP contribution in [-0.2, 0) is 49.9 Å². The summed E-state index contributed by atoms with van der Waals surface area (Å²) in [4.78, 5) is 73.3. The highest BCUT2D eigenvalue weighted by molar-refractivity contribution is 7.90. The van der Waals surface area contributed by atoms with Gasteiger partial charge in [0.15, 0.2) is 5.78 Å². The smallest absolute Gasteiger partial charge is 0.237 e. The van der Waals surface area contributed by atoms with Crippen molar-refractivity contribution in [2.75, 3.05) is 33.6 Å². The Kier molecular flexibility index (Phi) is 18.8. The number of hydrogen-bond donors (Lipinski definition) is 2. The quantitative estimate of drug-likeness (QED) is 0.131. The number of likely N-dealkylation sites (N-methyl/N-ethyl adjacent to an activating group) is 1. The molecule has 4 rings (SSSR count). The van der Waals surface area contributed by atoms with Gasteiger partial charge < -0.3 is 24.6 Å². The minimum absolute atomic E-state index is 0.00452. The van der Waals surface area contributed by atoms with E-state index in [9.17, 15) is 32.4 Å². The fourth-order valence-electron chi connectivity index (χ4n) is 9.98. The van der Waals surface area contributed by atoms with Crippen molar-refractivity contribution in [1.29, 1.82) is 0 Å². The largest absolute Gasteiger partial charge is 0.379 e. The maximum atomic E-state index is 14.4. The molecule has 1 aromatic carbocycles. The molecule has 1 saturated carbocycles. The molecule has 2 bridgehead atoms. The van der Waals surface area contributed by atoms with Crippen molar-refractivity contribution in [3.63, 3.8) is 0 Å².